The van der Waals surface area contributed by atoms with Gasteiger partial charge in [-0.1, -0.05) is 0 Å². The molecule has 242 valence electrons. The van der Waals surface area contributed by atoms with Crippen LogP contribution in [0.25, 0.3) is 22.3 Å². The second kappa shape index (κ2) is 12.0. The van der Waals surface area contributed by atoms with E-state index in [1.165, 1.54) is 17.1 Å². The first kappa shape index (κ1) is 31.4. The third-order valence-corrected chi connectivity index (χ3v) is 8.41. The molecule has 0 aromatic carbocycles. The van der Waals surface area contributed by atoms with E-state index in [0.29, 0.717) is 0 Å². The minimum atomic E-state index is -5.17. The number of aromatic nitrogens is 8. The Morgan fingerprint density at radius 1 is 1.02 bits per heavy atom. The van der Waals surface area contributed by atoms with Gasteiger partial charge in [-0.25, -0.2) is 19.5 Å². The van der Waals surface area contributed by atoms with E-state index in [0.717, 1.165) is 10.9 Å². The third-order valence-electron chi connectivity index (χ3n) is 7.00. The van der Waals surface area contributed by atoms with Crippen LogP contribution in [-0.2, 0) is 32.2 Å². The fourth-order valence-corrected chi connectivity index (χ4v) is 6.43. The lowest BCUT2D eigenvalue weighted by atomic mass is 10.1. The molecule has 45 heavy (non-hydrogen) atoms. The number of imidazole rings is 2. The number of anilines is 2. The van der Waals surface area contributed by atoms with Crippen LogP contribution < -0.4 is 17.0 Å². The molecule has 2 saturated heterocycles. The van der Waals surface area contributed by atoms with Gasteiger partial charge in [-0.15, -0.1) is 9.42 Å². The van der Waals surface area contributed by atoms with Gasteiger partial charge in [0.05, 0.1) is 32.1 Å². The fourth-order valence-electron chi connectivity index (χ4n) is 5.03. The van der Waals surface area contributed by atoms with E-state index in [4.69, 9.17) is 34.5 Å². The number of aliphatic hydroxyl groups excluding tert-OH is 3. The Morgan fingerprint density at radius 2 is 1.73 bits per heavy atom. The number of H-pyrrole nitrogens is 1. The summed E-state index contributed by atoms with van der Waals surface area (Å²) in [6, 6.07) is 0. The molecule has 10 atom stereocenters. The monoisotopic (exact) mass is 675 g/mol. The molecule has 0 bridgehead atoms. The lowest BCUT2D eigenvalue weighted by molar-refractivity contribution is -0.0609. The van der Waals surface area contributed by atoms with Gasteiger partial charge < -0.3 is 41.2 Å². The predicted octanol–water partition coefficient (Wildman–Crippen LogP) is -2.83. The standard InChI is InChI=1S/C20H24N10O13P2/c21-19-23-1-6-14(26-19)29(4-24-6)17-11(33)12(42-44(35)36)8(41-17)3-39-45(37,38)43-13-10(32)7(2-31)40-18(13)30-5-25-9-15(30)27-20(22)28-16(9)34/h1,4-5,7-8,10-13,17-18,31-33H,2-3H2,(H6-,21,22,23,26,27,28,34,35,36,37,38)/p+1/t7-,8-,10-,11-,12-,13-,17-,18-/m1/s1. The van der Waals surface area contributed by atoms with Gasteiger partial charge in [0.2, 0.25) is 11.9 Å². The molecule has 2 fully saturated rings. The third kappa shape index (κ3) is 5.92. The molecular formula is C20H25N10O13P2+. The Bertz CT molecular complexity index is 1850. The van der Waals surface area contributed by atoms with Crippen LogP contribution in [0, 0.1) is 0 Å². The molecule has 6 rings (SSSR count). The van der Waals surface area contributed by atoms with E-state index in [1.54, 1.807) is 0 Å². The summed E-state index contributed by atoms with van der Waals surface area (Å²) in [6.45, 7) is -1.58. The van der Waals surface area contributed by atoms with E-state index in [-0.39, 0.29) is 34.2 Å². The summed E-state index contributed by atoms with van der Waals surface area (Å²) in [7, 11) is -8.46. The van der Waals surface area contributed by atoms with Crippen molar-refractivity contribution in [2.45, 2.75) is 49.1 Å². The zero-order chi connectivity index (χ0) is 32.2. The van der Waals surface area contributed by atoms with Crippen LogP contribution in [0.4, 0.5) is 11.9 Å². The lowest BCUT2D eigenvalue weighted by Crippen LogP contribution is -2.36. The molecular weight excluding hydrogens is 650 g/mol. The molecule has 0 radical (unpaired) electrons. The van der Waals surface area contributed by atoms with Gasteiger partial charge in [-0.2, -0.15) is 9.97 Å². The highest BCUT2D eigenvalue weighted by Gasteiger charge is 2.53. The van der Waals surface area contributed by atoms with Gasteiger partial charge in [0.1, 0.15) is 36.0 Å². The number of phosphoric ester groups is 1. The number of aromatic amines is 1. The zero-order valence-electron chi connectivity index (χ0n) is 22.4. The van der Waals surface area contributed by atoms with Gasteiger partial charge in [-0.3, -0.25) is 28.0 Å². The summed E-state index contributed by atoms with van der Waals surface area (Å²) in [5.74, 6) is -0.394. The minimum Gasteiger partial charge on any atom is -0.394 e. The number of nitrogen functional groups attached to an aromatic ring is 2. The first-order valence-corrected chi connectivity index (χ1v) is 15.4. The average molecular weight is 675 g/mol. The van der Waals surface area contributed by atoms with Crippen LogP contribution >= 0.6 is 16.1 Å². The van der Waals surface area contributed by atoms with Crippen LogP contribution in [0.2, 0.25) is 0 Å². The molecule has 2 unspecified atom stereocenters. The van der Waals surface area contributed by atoms with Gasteiger partial charge >= 0.3 is 16.1 Å². The molecule has 2 aliphatic heterocycles. The largest absolute Gasteiger partial charge is 0.695 e. The highest BCUT2D eigenvalue weighted by atomic mass is 31.2. The molecule has 0 spiro atoms. The number of hydrogen-bond acceptors (Lipinski definition) is 18. The Balaban J connectivity index is 1.22. The SMILES string of the molecule is Nc1ncc2ncn([C@@H]3O[C@H](COP(=O)(O)O[C@@H]4[C@H](O)[C@@H](CO)O[C@H]4n4cnc5c(=O)[nH]c(N)nc54)[C@@H](O[P+](=O)O)[C@H]3O)c2n1. The van der Waals surface area contributed by atoms with Crippen molar-refractivity contribution in [3.8, 4) is 0 Å². The van der Waals surface area contributed by atoms with E-state index in [9.17, 15) is 39.0 Å². The van der Waals surface area contributed by atoms with Gasteiger partial charge in [0.15, 0.2) is 35.4 Å². The van der Waals surface area contributed by atoms with Crippen LogP contribution in [0.5, 0.6) is 0 Å². The summed E-state index contributed by atoms with van der Waals surface area (Å²) in [4.78, 5) is 54.4. The molecule has 0 aliphatic carbocycles. The van der Waals surface area contributed by atoms with Crippen LogP contribution in [-0.4, -0.2) is 114 Å². The Hall–Kier alpha value is -3.57. The molecule has 2 aliphatic rings. The van der Waals surface area contributed by atoms with Crippen molar-refractivity contribution in [2.75, 3.05) is 24.7 Å². The summed E-state index contributed by atoms with van der Waals surface area (Å²) in [5, 5.41) is 31.4. The molecule has 10 N–H and O–H groups in total. The summed E-state index contributed by atoms with van der Waals surface area (Å²) < 4.78 is 53.7. The Kier molecular flexibility index (Phi) is 8.36. The predicted molar refractivity (Wildman–Crippen MR) is 145 cm³/mol. The number of nitrogens with zero attached hydrogens (tertiary/aromatic N) is 7. The number of nitrogens with one attached hydrogen (secondary N) is 1. The normalized spacial score (nSPS) is 30.3. The Labute approximate surface area is 249 Å². The first-order valence-electron chi connectivity index (χ1n) is 12.8. The Morgan fingerprint density at radius 3 is 2.47 bits per heavy atom. The van der Waals surface area contributed by atoms with E-state index in [1.807, 2.05) is 0 Å². The maximum atomic E-state index is 13.1. The van der Waals surface area contributed by atoms with Crippen molar-refractivity contribution in [3.63, 3.8) is 0 Å². The molecule has 4 aromatic rings. The quantitative estimate of drug-likeness (QED) is 0.0785. The lowest BCUT2D eigenvalue weighted by Gasteiger charge is -2.24. The highest BCUT2D eigenvalue weighted by molar-refractivity contribution is 7.47. The number of fused-ring (bicyclic) bond motifs is 2. The van der Waals surface area contributed by atoms with E-state index < -0.39 is 83.9 Å². The van der Waals surface area contributed by atoms with Gasteiger partial charge in [0.25, 0.3) is 5.56 Å². The molecule has 4 aromatic heterocycles. The second-order valence-electron chi connectivity index (χ2n) is 9.80. The zero-order valence-corrected chi connectivity index (χ0v) is 24.2. The van der Waals surface area contributed by atoms with Crippen LogP contribution in [0.15, 0.2) is 23.6 Å². The maximum Gasteiger partial charge on any atom is 0.695 e. The number of ether oxygens (including phenoxy) is 2. The maximum absolute atomic E-state index is 13.1. The minimum absolute atomic E-state index is 0.115. The highest BCUT2D eigenvalue weighted by Crippen LogP contribution is 2.50. The van der Waals surface area contributed by atoms with Crippen molar-refractivity contribution in [3.05, 3.63) is 29.2 Å². The van der Waals surface area contributed by atoms with Crippen LogP contribution in [0.3, 0.4) is 0 Å². The summed E-state index contributed by atoms with van der Waals surface area (Å²) in [6.07, 6.45) is -8.54. The van der Waals surface area contributed by atoms with Crippen molar-refractivity contribution < 1.29 is 57.3 Å². The fraction of sp³-hybridized carbons (Fsp3) is 0.500. The topological polar surface area (TPSA) is 341 Å². The first-order chi connectivity index (χ1) is 21.4. The van der Waals surface area contributed by atoms with Gasteiger partial charge in [-0.05, 0) is 0 Å². The van der Waals surface area contributed by atoms with Gasteiger partial charge in [0, 0.05) is 4.57 Å². The summed E-state index contributed by atoms with van der Waals surface area (Å²) in [5.41, 5.74) is 10.7. The van der Waals surface area contributed by atoms with Crippen molar-refractivity contribution in [1.29, 1.82) is 0 Å². The molecule has 25 heteroatoms. The van der Waals surface area contributed by atoms with Crippen molar-refractivity contribution in [2.24, 2.45) is 0 Å². The molecule has 0 saturated carbocycles. The van der Waals surface area contributed by atoms with Crippen molar-refractivity contribution in [1.82, 2.24) is 39.0 Å². The number of phosphoric acid groups is 1. The molecule has 6 heterocycles. The second-order valence-corrected chi connectivity index (χ2v) is 11.9. The average Bonchev–Trinajstić information content (AvgIpc) is 3.72. The van der Waals surface area contributed by atoms with E-state index >= 15 is 0 Å². The van der Waals surface area contributed by atoms with Crippen LogP contribution in [0.1, 0.15) is 12.5 Å². The molecule has 23 nitrogen and oxygen atoms in total. The van der Waals surface area contributed by atoms with Crippen molar-refractivity contribution >= 4 is 50.3 Å². The number of hydrogen-bond donors (Lipinski definition) is 8. The number of rotatable bonds is 10. The van der Waals surface area contributed by atoms with E-state index in [2.05, 4.69) is 29.9 Å². The smallest absolute Gasteiger partial charge is 0.394 e. The number of nitrogens with two attached hydrogens (primary N) is 2. The summed E-state index contributed by atoms with van der Waals surface area (Å²) >= 11 is 0. The number of aliphatic hydroxyl groups is 3. The molecule has 0 amide bonds.